The fourth-order valence-electron chi connectivity index (χ4n) is 1.28. The predicted octanol–water partition coefficient (Wildman–Crippen LogP) is 0.316. The highest BCUT2D eigenvalue weighted by Gasteiger charge is 2.21. The van der Waals surface area contributed by atoms with Gasteiger partial charge in [-0.2, -0.15) is 0 Å². The third-order valence-electron chi connectivity index (χ3n) is 2.13. The molecule has 13 heavy (non-hydrogen) atoms. The van der Waals surface area contributed by atoms with Crippen LogP contribution in [0.4, 0.5) is 0 Å². The lowest BCUT2D eigenvalue weighted by atomic mass is 10.2. The number of hydrogen-bond donors (Lipinski definition) is 1. The highest BCUT2D eigenvalue weighted by atomic mass is 16.5. The topological polar surface area (TPSA) is 47.6 Å². The van der Waals surface area contributed by atoms with Gasteiger partial charge in [0.25, 0.3) is 0 Å². The number of esters is 1. The summed E-state index contributed by atoms with van der Waals surface area (Å²) in [6, 6.07) is -0.319. The third kappa shape index (κ3) is 3.32. The van der Waals surface area contributed by atoms with Crippen molar-refractivity contribution in [1.82, 2.24) is 5.32 Å². The Hall–Kier alpha value is -0.610. The first-order chi connectivity index (χ1) is 6.24. The molecule has 0 aromatic rings. The van der Waals surface area contributed by atoms with Crippen LogP contribution in [0.5, 0.6) is 0 Å². The summed E-state index contributed by atoms with van der Waals surface area (Å²) in [5, 5.41) is 2.87. The summed E-state index contributed by atoms with van der Waals surface area (Å²) in [7, 11) is 1.73. The van der Waals surface area contributed by atoms with Crippen molar-refractivity contribution in [3.63, 3.8) is 0 Å². The molecule has 0 amide bonds. The molecule has 0 aromatic carbocycles. The van der Waals surface area contributed by atoms with Crippen LogP contribution in [-0.4, -0.2) is 38.4 Å². The van der Waals surface area contributed by atoms with Gasteiger partial charge in [-0.1, -0.05) is 0 Å². The van der Waals surface area contributed by atoms with Crippen molar-refractivity contribution < 1.29 is 14.3 Å². The maximum Gasteiger partial charge on any atom is 0.325 e. The second-order valence-electron chi connectivity index (χ2n) is 3.31. The summed E-state index contributed by atoms with van der Waals surface area (Å²) in [5.74, 6) is -0.211. The van der Waals surface area contributed by atoms with Crippen LogP contribution >= 0.6 is 0 Å². The van der Waals surface area contributed by atoms with Crippen LogP contribution < -0.4 is 5.32 Å². The van der Waals surface area contributed by atoms with Gasteiger partial charge >= 0.3 is 5.97 Å². The predicted molar refractivity (Wildman–Crippen MR) is 48.5 cm³/mol. The van der Waals surface area contributed by atoms with Gasteiger partial charge in [0.1, 0.15) is 6.04 Å². The monoisotopic (exact) mass is 187 g/mol. The second-order valence-corrected chi connectivity index (χ2v) is 3.31. The zero-order chi connectivity index (χ0) is 9.68. The Labute approximate surface area is 78.6 Å². The maximum atomic E-state index is 11.4. The molecule has 0 bridgehead atoms. The molecule has 1 saturated heterocycles. The maximum absolute atomic E-state index is 11.4. The van der Waals surface area contributed by atoms with Gasteiger partial charge in [0.05, 0.1) is 12.7 Å². The molecule has 1 aliphatic rings. The zero-order valence-electron chi connectivity index (χ0n) is 8.21. The largest absolute Gasteiger partial charge is 0.461 e. The third-order valence-corrected chi connectivity index (χ3v) is 2.13. The number of nitrogens with one attached hydrogen (secondary N) is 1. The summed E-state index contributed by atoms with van der Waals surface area (Å²) in [5.41, 5.74) is 0. The molecule has 2 atom stereocenters. The summed E-state index contributed by atoms with van der Waals surface area (Å²) in [6.07, 6.45) is 1.83. The van der Waals surface area contributed by atoms with Gasteiger partial charge in [-0.05, 0) is 26.8 Å². The summed E-state index contributed by atoms with van der Waals surface area (Å²) in [4.78, 5) is 11.4. The summed E-state index contributed by atoms with van der Waals surface area (Å²) >= 11 is 0. The fourth-order valence-corrected chi connectivity index (χ4v) is 1.28. The van der Waals surface area contributed by atoms with Crippen molar-refractivity contribution in [1.29, 1.82) is 0 Å². The number of hydrogen-bond acceptors (Lipinski definition) is 4. The molecular formula is C9H17NO3. The Morgan fingerprint density at radius 3 is 3.00 bits per heavy atom. The minimum Gasteiger partial charge on any atom is -0.461 e. The van der Waals surface area contributed by atoms with E-state index in [0.29, 0.717) is 13.2 Å². The standard InChI is InChI=1S/C9H17NO3/c1-7-4-3-5-12-6-8(10-2)9(11)13-7/h7-8,10H,3-6H2,1-2H3/t7?,8-/m0/s1. The Morgan fingerprint density at radius 1 is 1.54 bits per heavy atom. The van der Waals surface area contributed by atoms with Crippen LogP contribution in [0.15, 0.2) is 0 Å². The van der Waals surface area contributed by atoms with E-state index in [1.165, 1.54) is 0 Å². The van der Waals surface area contributed by atoms with Gasteiger partial charge in [0.15, 0.2) is 0 Å². The lowest BCUT2D eigenvalue weighted by Crippen LogP contribution is -2.40. The molecule has 1 heterocycles. The van der Waals surface area contributed by atoms with E-state index in [9.17, 15) is 4.79 Å². The van der Waals surface area contributed by atoms with Crippen molar-refractivity contribution in [2.24, 2.45) is 0 Å². The average Bonchev–Trinajstić information content (AvgIpc) is 2.16. The summed E-state index contributed by atoms with van der Waals surface area (Å²) < 4.78 is 10.5. The SMILES string of the molecule is CN[C@H]1COCCCC(C)OC1=O. The summed E-state index contributed by atoms with van der Waals surface area (Å²) in [6.45, 7) is 3.02. The first kappa shape index (κ1) is 10.5. The number of cyclic esters (lactones) is 1. The smallest absolute Gasteiger partial charge is 0.325 e. The van der Waals surface area contributed by atoms with Crippen LogP contribution in [0.1, 0.15) is 19.8 Å². The number of carbonyl (C=O) groups is 1. The van der Waals surface area contributed by atoms with Crippen molar-refractivity contribution >= 4 is 5.97 Å². The molecule has 1 fully saturated rings. The van der Waals surface area contributed by atoms with E-state index in [2.05, 4.69) is 5.32 Å². The van der Waals surface area contributed by atoms with E-state index < -0.39 is 0 Å². The van der Waals surface area contributed by atoms with Crippen molar-refractivity contribution in [3.05, 3.63) is 0 Å². The molecular weight excluding hydrogens is 170 g/mol. The first-order valence-electron chi connectivity index (χ1n) is 4.69. The molecule has 4 nitrogen and oxygen atoms in total. The molecule has 1 N–H and O–H groups in total. The zero-order valence-corrected chi connectivity index (χ0v) is 8.21. The van der Waals surface area contributed by atoms with Crippen molar-refractivity contribution in [2.75, 3.05) is 20.3 Å². The highest BCUT2D eigenvalue weighted by molar-refractivity contribution is 5.76. The van der Waals surface area contributed by atoms with E-state index >= 15 is 0 Å². The van der Waals surface area contributed by atoms with Gasteiger partial charge in [0, 0.05) is 6.61 Å². The molecule has 0 saturated carbocycles. The van der Waals surface area contributed by atoms with Crippen LogP contribution in [0.25, 0.3) is 0 Å². The minimum absolute atomic E-state index is 0.00468. The van der Waals surface area contributed by atoms with E-state index in [0.717, 1.165) is 12.8 Å². The Bertz CT molecular complexity index is 172. The van der Waals surface area contributed by atoms with Crippen molar-refractivity contribution in [3.8, 4) is 0 Å². The normalized spacial score (nSPS) is 31.4. The van der Waals surface area contributed by atoms with E-state index in [1.54, 1.807) is 7.05 Å². The van der Waals surface area contributed by atoms with Crippen molar-refractivity contribution in [2.45, 2.75) is 31.9 Å². The number of carbonyl (C=O) groups excluding carboxylic acids is 1. The molecule has 1 aliphatic heterocycles. The average molecular weight is 187 g/mol. The lowest BCUT2D eigenvalue weighted by Gasteiger charge is -2.16. The van der Waals surface area contributed by atoms with Gasteiger partial charge in [-0.15, -0.1) is 0 Å². The molecule has 0 spiro atoms. The van der Waals surface area contributed by atoms with E-state index in [4.69, 9.17) is 9.47 Å². The first-order valence-corrected chi connectivity index (χ1v) is 4.69. The lowest BCUT2D eigenvalue weighted by molar-refractivity contribution is -0.151. The van der Waals surface area contributed by atoms with E-state index in [-0.39, 0.29) is 18.1 Å². The molecule has 0 radical (unpaired) electrons. The van der Waals surface area contributed by atoms with E-state index in [1.807, 2.05) is 6.92 Å². The minimum atomic E-state index is -0.319. The Kier molecular flexibility index (Phi) is 4.18. The molecule has 0 aliphatic carbocycles. The molecule has 1 rings (SSSR count). The second kappa shape index (κ2) is 5.19. The molecule has 76 valence electrons. The van der Waals surface area contributed by atoms with Gasteiger partial charge in [-0.3, -0.25) is 4.79 Å². The molecule has 4 heteroatoms. The number of rotatable bonds is 1. The fraction of sp³-hybridized carbons (Fsp3) is 0.889. The number of likely N-dealkylation sites (N-methyl/N-ethyl adjacent to an activating group) is 1. The van der Waals surface area contributed by atoms with Crippen LogP contribution in [0.3, 0.4) is 0 Å². The molecule has 0 aromatic heterocycles. The van der Waals surface area contributed by atoms with Gasteiger partial charge in [0.2, 0.25) is 0 Å². The number of ether oxygens (including phenoxy) is 2. The van der Waals surface area contributed by atoms with Gasteiger partial charge in [-0.25, -0.2) is 0 Å². The highest BCUT2D eigenvalue weighted by Crippen LogP contribution is 2.06. The Balaban J connectivity index is 2.50. The quantitative estimate of drug-likeness (QED) is 0.600. The van der Waals surface area contributed by atoms with Crippen LogP contribution in [-0.2, 0) is 14.3 Å². The molecule has 1 unspecified atom stereocenters. The van der Waals surface area contributed by atoms with Crippen LogP contribution in [0.2, 0.25) is 0 Å². The Morgan fingerprint density at radius 2 is 2.31 bits per heavy atom. The van der Waals surface area contributed by atoms with Crippen LogP contribution in [0, 0.1) is 0 Å². The van der Waals surface area contributed by atoms with Gasteiger partial charge < -0.3 is 14.8 Å².